The number of carbonyl (C=O) groups is 1. The number of ketones is 1. The topological polar surface area (TPSA) is 44.4 Å². The van der Waals surface area contributed by atoms with Crippen molar-refractivity contribution in [2.45, 2.75) is 0 Å². The van der Waals surface area contributed by atoms with Gasteiger partial charge < -0.3 is 0 Å². The number of benzene rings is 4. The molecule has 1 aliphatic heterocycles. The third-order valence-electron chi connectivity index (χ3n) is 6.65. The van der Waals surface area contributed by atoms with Crippen LogP contribution in [-0.2, 0) is 4.79 Å². The minimum absolute atomic E-state index is 0.0223. The van der Waals surface area contributed by atoms with Crippen LogP contribution in [0, 0.1) is 0 Å². The molecule has 0 radical (unpaired) electrons. The van der Waals surface area contributed by atoms with E-state index in [0.29, 0.717) is 11.1 Å². The molecule has 5 aromatic rings. The predicted molar refractivity (Wildman–Crippen MR) is 154 cm³/mol. The SMILES string of the molecule is O=C1C(/C=C2\[Se]c3ccccc3N2c2ccccc2)=C(O)C/1=C\c1[se]c2ccccc2[n+]1-c1ccccc1. The Morgan fingerprint density at radius 3 is 2.24 bits per heavy atom. The zero-order chi connectivity index (χ0) is 25.6. The maximum atomic E-state index is 13.4. The molecule has 4 aromatic carbocycles. The molecule has 0 unspecified atom stereocenters. The number of para-hydroxylation sites is 4. The third-order valence-corrected chi connectivity index (χ3v) is 11.2. The molecule has 0 bridgehead atoms. The van der Waals surface area contributed by atoms with E-state index in [-0.39, 0.29) is 41.0 Å². The van der Waals surface area contributed by atoms with Gasteiger partial charge in [0.05, 0.1) is 0 Å². The molecule has 0 atom stereocenters. The van der Waals surface area contributed by atoms with Gasteiger partial charge in [0, 0.05) is 0 Å². The van der Waals surface area contributed by atoms with Crippen molar-refractivity contribution in [3.8, 4) is 5.69 Å². The molecular formula is C32H21N2O2Se2+. The Balaban J connectivity index is 1.31. The van der Waals surface area contributed by atoms with E-state index in [1.54, 1.807) is 0 Å². The Hall–Kier alpha value is -3.92. The first-order chi connectivity index (χ1) is 18.7. The zero-order valence-corrected chi connectivity index (χ0v) is 23.5. The van der Waals surface area contributed by atoms with Crippen molar-refractivity contribution < 1.29 is 14.5 Å². The standard InChI is InChI=1S/C32H20N2O2Se2/c35-31-23(19-29-33(21-11-3-1-4-12-21)25-15-7-9-17-27(25)37-29)32(36)24(31)20-30-34(22-13-5-2-6-14-22)26-16-8-10-18-28(26)38-30/h1-20H/p+1. The van der Waals surface area contributed by atoms with Crippen LogP contribution in [0.15, 0.2) is 137 Å². The molecule has 0 saturated carbocycles. The molecule has 4 nitrogen and oxygen atoms in total. The van der Waals surface area contributed by atoms with Crippen molar-refractivity contribution in [2.75, 3.05) is 4.90 Å². The van der Waals surface area contributed by atoms with E-state index in [2.05, 4.69) is 70.1 Å². The van der Waals surface area contributed by atoms with Gasteiger partial charge in [0.1, 0.15) is 0 Å². The summed E-state index contributed by atoms with van der Waals surface area (Å²) in [6.07, 6.45) is 3.77. The summed E-state index contributed by atoms with van der Waals surface area (Å²) < 4.78 is 6.80. The van der Waals surface area contributed by atoms with Crippen LogP contribution in [-0.4, -0.2) is 40.4 Å². The molecule has 7 rings (SSSR count). The van der Waals surface area contributed by atoms with Crippen molar-refractivity contribution >= 4 is 66.9 Å². The number of fused-ring (bicyclic) bond motifs is 2. The fourth-order valence-corrected chi connectivity index (χ4v) is 9.49. The van der Waals surface area contributed by atoms with E-state index in [0.717, 1.165) is 31.7 Å². The van der Waals surface area contributed by atoms with Crippen LogP contribution in [0.5, 0.6) is 0 Å². The van der Waals surface area contributed by atoms with Crippen LogP contribution in [0.4, 0.5) is 11.4 Å². The monoisotopic (exact) mass is 625 g/mol. The number of rotatable bonds is 4. The number of aliphatic hydroxyl groups excluding tert-OH is 1. The molecule has 0 fully saturated rings. The van der Waals surface area contributed by atoms with E-state index in [4.69, 9.17) is 0 Å². The first-order valence-corrected chi connectivity index (χ1v) is 15.6. The van der Waals surface area contributed by atoms with Crippen molar-refractivity contribution in [3.05, 3.63) is 141 Å². The second-order valence-electron chi connectivity index (χ2n) is 8.95. The molecule has 1 aliphatic carbocycles. The molecule has 1 N–H and O–H groups in total. The molecule has 0 amide bonds. The van der Waals surface area contributed by atoms with Crippen molar-refractivity contribution in [3.63, 3.8) is 0 Å². The van der Waals surface area contributed by atoms with E-state index in [1.807, 2.05) is 60.7 Å². The van der Waals surface area contributed by atoms with Crippen LogP contribution >= 0.6 is 0 Å². The maximum absolute atomic E-state index is 13.4. The average molecular weight is 623 g/mol. The van der Waals surface area contributed by atoms with Gasteiger partial charge in [-0.2, -0.15) is 0 Å². The summed E-state index contributed by atoms with van der Waals surface area (Å²) in [5.74, 6) is -0.0310. The Morgan fingerprint density at radius 1 is 0.763 bits per heavy atom. The number of hydrogen-bond acceptors (Lipinski definition) is 3. The third kappa shape index (κ3) is 3.82. The number of carbonyl (C=O) groups excluding carboxylic acids is 1. The number of aliphatic hydroxyl groups is 1. The second-order valence-corrected chi connectivity index (χ2v) is 13.4. The van der Waals surface area contributed by atoms with Gasteiger partial charge in [-0.05, 0) is 0 Å². The number of Topliss-reactive ketones (excluding diaryl/α,β-unsaturated/α-hetero) is 1. The fraction of sp³-hybridized carbons (Fsp3) is 0. The van der Waals surface area contributed by atoms with Crippen LogP contribution in [0.3, 0.4) is 0 Å². The van der Waals surface area contributed by atoms with Gasteiger partial charge in [-0.25, -0.2) is 0 Å². The second kappa shape index (κ2) is 9.43. The van der Waals surface area contributed by atoms with Crippen molar-refractivity contribution in [2.24, 2.45) is 0 Å². The van der Waals surface area contributed by atoms with E-state index >= 15 is 0 Å². The van der Waals surface area contributed by atoms with Gasteiger partial charge in [-0.15, -0.1) is 0 Å². The molecule has 0 spiro atoms. The van der Waals surface area contributed by atoms with Crippen LogP contribution in [0.2, 0.25) is 0 Å². The summed E-state index contributed by atoms with van der Waals surface area (Å²) in [5.41, 5.74) is 5.14. The number of nitrogens with zero attached hydrogens (tertiary/aromatic N) is 2. The van der Waals surface area contributed by atoms with Gasteiger partial charge in [-0.3, -0.25) is 0 Å². The molecular weight excluding hydrogens is 602 g/mol. The Kier molecular flexibility index (Phi) is 5.76. The van der Waals surface area contributed by atoms with E-state index in [9.17, 15) is 9.90 Å². The van der Waals surface area contributed by atoms with Crippen LogP contribution in [0.25, 0.3) is 21.5 Å². The normalized spacial score (nSPS) is 16.9. The van der Waals surface area contributed by atoms with Crippen LogP contribution in [0.1, 0.15) is 4.57 Å². The quantitative estimate of drug-likeness (QED) is 0.175. The first-order valence-electron chi connectivity index (χ1n) is 12.2. The number of allylic oxidation sites excluding steroid dienone is 3. The molecule has 0 saturated heterocycles. The van der Waals surface area contributed by atoms with E-state index < -0.39 is 0 Å². The fourth-order valence-electron chi connectivity index (χ4n) is 4.84. The van der Waals surface area contributed by atoms with Gasteiger partial charge in [-0.1, -0.05) is 0 Å². The number of hydrogen-bond donors (Lipinski definition) is 1. The van der Waals surface area contributed by atoms with Gasteiger partial charge in [0.15, 0.2) is 0 Å². The summed E-state index contributed by atoms with van der Waals surface area (Å²) in [6, 6.07) is 37.1. The molecule has 2 aliphatic rings. The summed E-state index contributed by atoms with van der Waals surface area (Å²) >= 11 is 0.0447. The first kappa shape index (κ1) is 23.2. The minimum atomic E-state index is -0.109. The molecule has 2 heterocycles. The molecule has 6 heteroatoms. The Labute approximate surface area is 232 Å². The van der Waals surface area contributed by atoms with Crippen LogP contribution < -0.4 is 13.9 Å². The van der Waals surface area contributed by atoms with Gasteiger partial charge >= 0.3 is 233 Å². The molecule has 182 valence electrons. The molecule has 1 aromatic heterocycles. The van der Waals surface area contributed by atoms with E-state index in [1.165, 1.54) is 8.72 Å². The number of anilines is 2. The number of aromatic nitrogens is 1. The van der Waals surface area contributed by atoms with Gasteiger partial charge in [0.2, 0.25) is 0 Å². The summed E-state index contributed by atoms with van der Waals surface area (Å²) in [7, 11) is 0. The van der Waals surface area contributed by atoms with Crippen molar-refractivity contribution in [1.29, 1.82) is 0 Å². The summed E-state index contributed by atoms with van der Waals surface area (Å²) in [6.45, 7) is 0. The Morgan fingerprint density at radius 2 is 1.45 bits per heavy atom. The van der Waals surface area contributed by atoms with Crippen molar-refractivity contribution in [1.82, 2.24) is 0 Å². The zero-order valence-electron chi connectivity index (χ0n) is 20.1. The van der Waals surface area contributed by atoms with Gasteiger partial charge in [0.25, 0.3) is 0 Å². The average Bonchev–Trinajstić information content (AvgIpc) is 3.53. The molecule has 38 heavy (non-hydrogen) atoms. The Bertz CT molecular complexity index is 1820. The predicted octanol–water partition coefficient (Wildman–Crippen LogP) is 4.97. The summed E-state index contributed by atoms with van der Waals surface area (Å²) in [4.78, 5) is 15.6. The summed E-state index contributed by atoms with van der Waals surface area (Å²) in [5, 5.41) is 11.1.